The summed E-state index contributed by atoms with van der Waals surface area (Å²) >= 11 is 0. The summed E-state index contributed by atoms with van der Waals surface area (Å²) in [5.74, 6) is 0.656. The smallest absolute Gasteiger partial charge is 0.416 e. The van der Waals surface area contributed by atoms with E-state index in [0.717, 1.165) is 6.07 Å². The summed E-state index contributed by atoms with van der Waals surface area (Å²) in [6, 6.07) is 11.0. The highest BCUT2D eigenvalue weighted by atomic mass is 19.4. The van der Waals surface area contributed by atoms with E-state index in [1.54, 1.807) is 30.3 Å². The topological polar surface area (TPSA) is 35.2 Å². The van der Waals surface area contributed by atoms with Crippen molar-refractivity contribution in [2.45, 2.75) is 12.7 Å². The molecule has 0 heterocycles. The van der Waals surface area contributed by atoms with Crippen LogP contribution in [0.4, 0.5) is 13.2 Å². The van der Waals surface area contributed by atoms with Crippen molar-refractivity contribution >= 4 is 0 Å². The van der Waals surface area contributed by atoms with Crippen LogP contribution in [0.1, 0.15) is 11.1 Å². The zero-order valence-electron chi connectivity index (χ0n) is 10.9. The van der Waals surface area contributed by atoms with Crippen molar-refractivity contribution in [2.24, 2.45) is 5.73 Å². The number of ether oxygens (including phenoxy) is 1. The van der Waals surface area contributed by atoms with Crippen LogP contribution in [0.15, 0.2) is 42.5 Å². The molecule has 0 aliphatic rings. The predicted octanol–water partition coefficient (Wildman–Crippen LogP) is 3.84. The minimum absolute atomic E-state index is 0.0924. The Morgan fingerprint density at radius 1 is 1.00 bits per heavy atom. The van der Waals surface area contributed by atoms with Crippen molar-refractivity contribution < 1.29 is 17.9 Å². The van der Waals surface area contributed by atoms with Crippen LogP contribution in [0.5, 0.6) is 5.75 Å². The molecule has 106 valence electrons. The fraction of sp³-hybridized carbons (Fsp3) is 0.200. The largest absolute Gasteiger partial charge is 0.497 e. The Morgan fingerprint density at radius 2 is 1.60 bits per heavy atom. The summed E-state index contributed by atoms with van der Waals surface area (Å²) < 4.78 is 43.9. The van der Waals surface area contributed by atoms with E-state index in [2.05, 4.69) is 0 Å². The number of benzene rings is 2. The molecule has 0 unspecified atom stereocenters. The first-order valence-corrected chi connectivity index (χ1v) is 6.00. The van der Waals surface area contributed by atoms with Crippen LogP contribution in [0.3, 0.4) is 0 Å². The number of hydrogen-bond acceptors (Lipinski definition) is 2. The van der Waals surface area contributed by atoms with E-state index in [-0.39, 0.29) is 12.1 Å². The lowest BCUT2D eigenvalue weighted by molar-refractivity contribution is -0.138. The Bertz CT molecular complexity index is 591. The van der Waals surface area contributed by atoms with Crippen molar-refractivity contribution in [1.29, 1.82) is 0 Å². The molecule has 2 aromatic carbocycles. The lowest BCUT2D eigenvalue weighted by Crippen LogP contribution is -2.12. The van der Waals surface area contributed by atoms with Crippen LogP contribution < -0.4 is 10.5 Å². The summed E-state index contributed by atoms with van der Waals surface area (Å²) in [5.41, 5.74) is 5.95. The van der Waals surface area contributed by atoms with Gasteiger partial charge in [-0.1, -0.05) is 24.3 Å². The molecule has 2 aromatic rings. The van der Waals surface area contributed by atoms with Gasteiger partial charge in [0.2, 0.25) is 0 Å². The number of rotatable bonds is 3. The van der Waals surface area contributed by atoms with Crippen LogP contribution in [0.2, 0.25) is 0 Å². The van der Waals surface area contributed by atoms with Crippen molar-refractivity contribution in [3.63, 3.8) is 0 Å². The highest BCUT2D eigenvalue weighted by Crippen LogP contribution is 2.35. The molecule has 0 radical (unpaired) electrons. The van der Waals surface area contributed by atoms with Gasteiger partial charge in [0.15, 0.2) is 0 Å². The van der Waals surface area contributed by atoms with Gasteiger partial charge in [-0.15, -0.1) is 0 Å². The van der Waals surface area contributed by atoms with Gasteiger partial charge < -0.3 is 10.5 Å². The maximum atomic E-state index is 13.0. The first kappa shape index (κ1) is 14.4. The maximum absolute atomic E-state index is 13.0. The summed E-state index contributed by atoms with van der Waals surface area (Å²) in [5, 5.41) is 0. The first-order chi connectivity index (χ1) is 9.45. The highest BCUT2D eigenvalue weighted by molar-refractivity contribution is 5.66. The average molecular weight is 281 g/mol. The van der Waals surface area contributed by atoms with E-state index in [4.69, 9.17) is 10.5 Å². The molecule has 0 amide bonds. The quantitative estimate of drug-likeness (QED) is 0.927. The van der Waals surface area contributed by atoms with Gasteiger partial charge >= 0.3 is 6.18 Å². The van der Waals surface area contributed by atoms with E-state index >= 15 is 0 Å². The van der Waals surface area contributed by atoms with Gasteiger partial charge in [0.1, 0.15) is 5.75 Å². The fourth-order valence-electron chi connectivity index (χ4n) is 1.98. The van der Waals surface area contributed by atoms with Gasteiger partial charge in [-0.3, -0.25) is 0 Å². The average Bonchev–Trinajstić information content (AvgIpc) is 2.46. The third kappa shape index (κ3) is 2.93. The Balaban J connectivity index is 2.47. The molecule has 0 saturated heterocycles. The van der Waals surface area contributed by atoms with Crippen LogP contribution >= 0.6 is 0 Å². The molecule has 0 aromatic heterocycles. The van der Waals surface area contributed by atoms with Gasteiger partial charge in [-0.2, -0.15) is 13.2 Å². The second-order valence-corrected chi connectivity index (χ2v) is 4.30. The van der Waals surface area contributed by atoms with E-state index < -0.39 is 11.7 Å². The molecule has 0 saturated carbocycles. The molecule has 0 fully saturated rings. The molecule has 0 aliphatic heterocycles. The number of nitrogens with two attached hydrogens (primary N) is 1. The van der Waals surface area contributed by atoms with Gasteiger partial charge in [0, 0.05) is 6.54 Å². The zero-order chi connectivity index (χ0) is 14.8. The standard InChI is InChI=1S/C15H14F3NO/c1-20-13-6-4-10(5-7-13)11-2-3-12(9-19)14(8-11)15(16,17)18/h2-8H,9,19H2,1H3. The second kappa shape index (κ2) is 5.54. The van der Waals surface area contributed by atoms with E-state index in [0.29, 0.717) is 16.9 Å². The first-order valence-electron chi connectivity index (χ1n) is 6.00. The van der Waals surface area contributed by atoms with Gasteiger partial charge in [0.25, 0.3) is 0 Å². The van der Waals surface area contributed by atoms with Gasteiger partial charge in [-0.05, 0) is 34.9 Å². The predicted molar refractivity (Wildman–Crippen MR) is 71.3 cm³/mol. The van der Waals surface area contributed by atoms with E-state index in [9.17, 15) is 13.2 Å². The Labute approximate surface area is 115 Å². The highest BCUT2D eigenvalue weighted by Gasteiger charge is 2.33. The van der Waals surface area contributed by atoms with Crippen LogP contribution in [-0.4, -0.2) is 7.11 Å². The monoisotopic (exact) mass is 281 g/mol. The fourth-order valence-corrected chi connectivity index (χ4v) is 1.98. The lowest BCUT2D eigenvalue weighted by Gasteiger charge is -2.13. The molecule has 20 heavy (non-hydrogen) atoms. The summed E-state index contributed by atoms with van der Waals surface area (Å²) in [6.07, 6.45) is -4.41. The molecule has 2 rings (SSSR count). The molecular formula is C15H14F3NO. The molecule has 0 aliphatic carbocycles. The van der Waals surface area contributed by atoms with Crippen molar-refractivity contribution in [1.82, 2.24) is 0 Å². The Morgan fingerprint density at radius 3 is 2.10 bits per heavy atom. The van der Waals surface area contributed by atoms with E-state index in [1.165, 1.54) is 13.2 Å². The third-order valence-electron chi connectivity index (χ3n) is 3.06. The molecular weight excluding hydrogens is 267 g/mol. The lowest BCUT2D eigenvalue weighted by atomic mass is 9.98. The summed E-state index contributed by atoms with van der Waals surface area (Å²) in [4.78, 5) is 0. The Hall–Kier alpha value is -2.01. The van der Waals surface area contributed by atoms with Crippen LogP contribution in [0, 0.1) is 0 Å². The minimum atomic E-state index is -4.41. The molecule has 0 spiro atoms. The number of hydrogen-bond donors (Lipinski definition) is 1. The molecule has 2 nitrogen and oxygen atoms in total. The molecule has 0 bridgehead atoms. The second-order valence-electron chi connectivity index (χ2n) is 4.30. The SMILES string of the molecule is COc1ccc(-c2ccc(CN)c(C(F)(F)F)c2)cc1. The number of methoxy groups -OCH3 is 1. The van der Waals surface area contributed by atoms with Gasteiger partial charge in [-0.25, -0.2) is 0 Å². The molecule has 2 N–H and O–H groups in total. The summed E-state index contributed by atoms with van der Waals surface area (Å²) in [6.45, 7) is -0.141. The minimum Gasteiger partial charge on any atom is -0.497 e. The van der Waals surface area contributed by atoms with Crippen LogP contribution in [-0.2, 0) is 12.7 Å². The normalized spacial score (nSPS) is 11.4. The van der Waals surface area contributed by atoms with Crippen molar-refractivity contribution in [3.8, 4) is 16.9 Å². The number of alkyl halides is 3. The summed E-state index contributed by atoms with van der Waals surface area (Å²) in [7, 11) is 1.53. The molecule has 0 atom stereocenters. The third-order valence-corrected chi connectivity index (χ3v) is 3.06. The molecule has 5 heteroatoms. The maximum Gasteiger partial charge on any atom is 0.416 e. The number of halogens is 3. The van der Waals surface area contributed by atoms with Crippen LogP contribution in [0.25, 0.3) is 11.1 Å². The van der Waals surface area contributed by atoms with Gasteiger partial charge in [0.05, 0.1) is 12.7 Å². The van der Waals surface area contributed by atoms with Crippen molar-refractivity contribution in [3.05, 3.63) is 53.6 Å². The zero-order valence-corrected chi connectivity index (χ0v) is 10.9. The Kier molecular flexibility index (Phi) is 3.99. The van der Waals surface area contributed by atoms with Crippen molar-refractivity contribution in [2.75, 3.05) is 7.11 Å². The van der Waals surface area contributed by atoms with E-state index in [1.807, 2.05) is 0 Å².